The highest BCUT2D eigenvalue weighted by Gasteiger charge is 2.26. The van der Waals surface area contributed by atoms with Crippen LogP contribution in [0, 0.1) is 11.8 Å². The van der Waals surface area contributed by atoms with Gasteiger partial charge < -0.3 is 33.6 Å². The van der Waals surface area contributed by atoms with E-state index in [0.717, 1.165) is 66.8 Å². The van der Waals surface area contributed by atoms with Crippen LogP contribution in [0.15, 0.2) is 165 Å². The summed E-state index contributed by atoms with van der Waals surface area (Å²) < 4.78 is 24.5. The summed E-state index contributed by atoms with van der Waals surface area (Å²) in [5, 5.41) is 0. The van der Waals surface area contributed by atoms with Crippen molar-refractivity contribution >= 4 is 12.2 Å². The van der Waals surface area contributed by atoms with Gasteiger partial charge >= 0.3 is 12.2 Å². The maximum Gasteiger partial charge on any atom is 0.415 e. The highest BCUT2D eigenvalue weighted by atomic mass is 16.7. The molecule has 0 bridgehead atoms. The molecule has 2 aliphatic rings. The van der Waals surface area contributed by atoms with E-state index in [4.69, 9.17) is 23.8 Å². The number of likely N-dealkylation sites (tertiary alicyclic amines) is 2. The Morgan fingerprint density at radius 2 is 1.00 bits per heavy atom. The predicted octanol–water partition coefficient (Wildman–Crippen LogP) is 9.36. The van der Waals surface area contributed by atoms with Gasteiger partial charge in [-0.05, 0) is 128 Å². The van der Waals surface area contributed by atoms with E-state index in [9.17, 15) is 9.59 Å². The molecule has 0 saturated carbocycles. The molecule has 0 spiro atoms. The molecule has 0 atom stereocenters. The van der Waals surface area contributed by atoms with Gasteiger partial charge in [0.1, 0.15) is 35.9 Å². The van der Waals surface area contributed by atoms with Crippen molar-refractivity contribution < 1.29 is 33.4 Å². The smallest absolute Gasteiger partial charge is 0.415 e. The first-order chi connectivity index (χ1) is 32.5. The topological polar surface area (TPSA) is 143 Å². The summed E-state index contributed by atoms with van der Waals surface area (Å²) in [7, 11) is 0. The van der Waals surface area contributed by atoms with Crippen molar-refractivity contribution in [3.63, 3.8) is 0 Å². The van der Waals surface area contributed by atoms with Gasteiger partial charge in [-0.2, -0.15) is 4.73 Å². The maximum absolute atomic E-state index is 12.6. The summed E-state index contributed by atoms with van der Waals surface area (Å²) >= 11 is 0. The molecule has 2 fully saturated rings. The molecule has 338 valence electrons. The third-order valence-corrected chi connectivity index (χ3v) is 11.3. The fourth-order valence-electron chi connectivity index (χ4n) is 7.53. The summed E-state index contributed by atoms with van der Waals surface area (Å²) in [4.78, 5) is 51.1. The Bertz CT molecular complexity index is 2500. The fourth-order valence-corrected chi connectivity index (χ4v) is 7.53. The molecule has 14 heteroatoms. The zero-order valence-electron chi connectivity index (χ0n) is 36.7. The summed E-state index contributed by atoms with van der Waals surface area (Å²) in [6.07, 6.45) is 14.8. The van der Waals surface area contributed by atoms with Crippen molar-refractivity contribution in [1.29, 1.82) is 0 Å². The Hall–Kier alpha value is -7.74. The van der Waals surface area contributed by atoms with Gasteiger partial charge in [0.25, 0.3) is 0 Å². The van der Waals surface area contributed by atoms with E-state index < -0.39 is 0 Å². The molecule has 0 unspecified atom stereocenters. The van der Waals surface area contributed by atoms with Crippen LogP contribution in [-0.2, 0) is 12.8 Å². The standard InChI is InChI=1S/C30H29N3O4.C22H24N4O3/c34-30(37-28-9-7-23(8-10-28)21-25-5-1-3-17-31-25)33-19-15-24(16-20-33)22-35-26-11-13-27(14-12-26)36-29-6-2-4-18-32-29;27-22(25-12-8-19(9-13-25)16-28-26-14-11-23-17-26)29-21-6-4-18(5-7-21)15-20-3-1-2-10-24-20/h1-14,17-18,24H,15-16,19-22H2;1-7,10-11,14,17,19H,8-9,12-13,15-16H2. The van der Waals surface area contributed by atoms with Crippen LogP contribution in [0.1, 0.15) is 48.2 Å². The van der Waals surface area contributed by atoms with Gasteiger partial charge in [-0.1, -0.05) is 42.5 Å². The number of ether oxygens (including phenoxy) is 4. The van der Waals surface area contributed by atoms with E-state index in [2.05, 4.69) is 19.9 Å². The van der Waals surface area contributed by atoms with Crippen LogP contribution in [0.3, 0.4) is 0 Å². The number of hydrogen-bond acceptors (Lipinski definition) is 11. The Balaban J connectivity index is 0.000000185. The van der Waals surface area contributed by atoms with Gasteiger partial charge in [0, 0.05) is 81.3 Å². The van der Waals surface area contributed by atoms with Crippen LogP contribution < -0.4 is 23.8 Å². The Labute approximate surface area is 384 Å². The molecule has 0 N–H and O–H groups in total. The Kier molecular flexibility index (Phi) is 15.8. The van der Waals surface area contributed by atoms with Crippen molar-refractivity contribution in [1.82, 2.24) is 34.5 Å². The molecule has 14 nitrogen and oxygen atoms in total. The second-order valence-corrected chi connectivity index (χ2v) is 16.2. The Morgan fingerprint density at radius 1 is 0.515 bits per heavy atom. The van der Waals surface area contributed by atoms with Crippen LogP contribution in [0.4, 0.5) is 9.59 Å². The lowest BCUT2D eigenvalue weighted by Crippen LogP contribution is -2.41. The first-order valence-corrected chi connectivity index (χ1v) is 22.3. The summed E-state index contributed by atoms with van der Waals surface area (Å²) in [6, 6.07) is 40.1. The lowest BCUT2D eigenvalue weighted by atomic mass is 9.98. The van der Waals surface area contributed by atoms with Crippen LogP contribution in [-0.4, -0.2) is 86.0 Å². The molecule has 0 aliphatic carbocycles. The van der Waals surface area contributed by atoms with Crippen LogP contribution >= 0.6 is 0 Å². The lowest BCUT2D eigenvalue weighted by molar-refractivity contribution is 0.0541. The van der Waals surface area contributed by atoms with Crippen molar-refractivity contribution in [3.8, 4) is 28.9 Å². The number of aromatic nitrogens is 5. The summed E-state index contributed by atoms with van der Waals surface area (Å²) in [5.74, 6) is 3.98. The van der Waals surface area contributed by atoms with Crippen molar-refractivity contribution in [2.24, 2.45) is 11.8 Å². The number of amides is 2. The summed E-state index contributed by atoms with van der Waals surface area (Å²) in [6.45, 7) is 3.89. The van der Waals surface area contributed by atoms with Gasteiger partial charge in [-0.15, -0.1) is 0 Å². The van der Waals surface area contributed by atoms with Gasteiger partial charge in [-0.25, -0.2) is 19.6 Å². The largest absolute Gasteiger partial charge is 0.493 e. The molecular weight excluding hydrogens is 835 g/mol. The van der Waals surface area contributed by atoms with E-state index in [0.29, 0.717) is 74.4 Å². The molecule has 9 rings (SSSR count). The SMILES string of the molecule is O=C(Oc1ccc(Cc2ccccn2)cc1)N1CCC(COc2ccc(Oc3ccccn3)cc2)CC1.O=C(Oc1ccc(Cc2ccccn2)cc1)N1CCC(COn2ccnc2)CC1. The van der Waals surface area contributed by atoms with E-state index in [1.807, 2.05) is 127 Å². The van der Waals surface area contributed by atoms with Gasteiger partial charge in [0.2, 0.25) is 5.88 Å². The number of piperidine rings is 2. The van der Waals surface area contributed by atoms with Crippen LogP contribution in [0.2, 0.25) is 0 Å². The van der Waals surface area contributed by atoms with E-state index >= 15 is 0 Å². The molecule has 7 aromatic rings. The van der Waals surface area contributed by atoms with Gasteiger partial charge in [0.05, 0.1) is 12.8 Å². The normalized spacial score (nSPS) is 14.1. The van der Waals surface area contributed by atoms with E-state index in [1.165, 1.54) is 0 Å². The number of benzene rings is 3. The molecule has 2 amide bonds. The third-order valence-electron chi connectivity index (χ3n) is 11.3. The predicted molar refractivity (Wildman–Crippen MR) is 248 cm³/mol. The van der Waals surface area contributed by atoms with Crippen molar-refractivity contribution in [2.75, 3.05) is 39.4 Å². The second-order valence-electron chi connectivity index (χ2n) is 16.2. The Morgan fingerprint density at radius 3 is 1.47 bits per heavy atom. The van der Waals surface area contributed by atoms with E-state index in [-0.39, 0.29) is 12.2 Å². The molecule has 6 heterocycles. The maximum atomic E-state index is 12.6. The first kappa shape index (κ1) is 44.9. The number of carbonyl (C=O) groups excluding carboxylic acids is 2. The monoisotopic (exact) mass is 887 g/mol. The number of hydrogen-bond donors (Lipinski definition) is 0. The number of pyridine rings is 3. The lowest BCUT2D eigenvalue weighted by Gasteiger charge is -2.31. The molecular formula is C52H53N7O7. The minimum Gasteiger partial charge on any atom is -0.493 e. The quantitative estimate of drug-likeness (QED) is 0.103. The highest BCUT2D eigenvalue weighted by Crippen LogP contribution is 2.25. The highest BCUT2D eigenvalue weighted by molar-refractivity contribution is 5.71. The molecule has 66 heavy (non-hydrogen) atoms. The first-order valence-electron chi connectivity index (χ1n) is 22.3. The minimum absolute atomic E-state index is 0.295. The molecule has 4 aromatic heterocycles. The zero-order chi connectivity index (χ0) is 45.2. The molecule has 0 radical (unpaired) electrons. The van der Waals surface area contributed by atoms with Crippen molar-refractivity contribution in [2.45, 2.75) is 38.5 Å². The third kappa shape index (κ3) is 13.9. The average Bonchev–Trinajstić information content (AvgIpc) is 3.90. The number of rotatable bonds is 14. The molecule has 2 saturated heterocycles. The second kappa shape index (κ2) is 23.3. The minimum atomic E-state index is -0.305. The number of imidazole rings is 1. The van der Waals surface area contributed by atoms with Gasteiger partial charge in [0.15, 0.2) is 0 Å². The molecule has 2 aliphatic heterocycles. The number of carbonyl (C=O) groups is 2. The van der Waals surface area contributed by atoms with Crippen LogP contribution in [0.5, 0.6) is 28.9 Å². The zero-order valence-corrected chi connectivity index (χ0v) is 36.7. The van der Waals surface area contributed by atoms with Crippen LogP contribution in [0.25, 0.3) is 0 Å². The molecule has 3 aromatic carbocycles. The summed E-state index contributed by atoms with van der Waals surface area (Å²) in [5.41, 5.74) is 4.26. The van der Waals surface area contributed by atoms with E-state index in [1.54, 1.807) is 51.8 Å². The fraction of sp³-hybridized carbons (Fsp3) is 0.269. The average molecular weight is 888 g/mol. The van der Waals surface area contributed by atoms with Crippen molar-refractivity contribution in [3.05, 3.63) is 187 Å². The van der Waals surface area contributed by atoms with Gasteiger partial charge in [-0.3, -0.25) is 9.97 Å². The number of nitrogens with zero attached hydrogens (tertiary/aromatic N) is 7.